The monoisotopic (exact) mass is 213 g/mol. The lowest BCUT2D eigenvalue weighted by atomic mass is 10.1. The van der Waals surface area contributed by atoms with Gasteiger partial charge in [-0.3, -0.25) is 0 Å². The molecule has 0 aliphatic rings. The molecule has 0 aliphatic heterocycles. The first-order chi connectivity index (χ1) is 7.68. The van der Waals surface area contributed by atoms with Crippen LogP contribution >= 0.6 is 0 Å². The second-order valence-corrected chi connectivity index (χ2v) is 4.44. The molecule has 0 spiro atoms. The molecule has 1 heteroatoms. The van der Waals surface area contributed by atoms with Crippen LogP contribution in [0.25, 0.3) is 0 Å². The van der Waals surface area contributed by atoms with Crippen molar-refractivity contribution >= 4 is 0 Å². The minimum absolute atomic E-state index is 1.08. The zero-order chi connectivity index (χ0) is 11.5. The zero-order valence-corrected chi connectivity index (χ0v) is 10.3. The Morgan fingerprint density at radius 1 is 0.875 bits per heavy atom. The van der Waals surface area contributed by atoms with Gasteiger partial charge in [-0.2, -0.15) is 0 Å². The Bertz CT molecular complexity index is 460. The van der Waals surface area contributed by atoms with Gasteiger partial charge in [0.15, 0.2) is 0 Å². The summed E-state index contributed by atoms with van der Waals surface area (Å²) in [6.07, 6.45) is 1.11. The highest BCUT2D eigenvalue weighted by atomic mass is 15.0. The molecular formula is C15H19N. The summed E-state index contributed by atoms with van der Waals surface area (Å²) in [5.41, 5.74) is 5.55. The van der Waals surface area contributed by atoms with E-state index < -0.39 is 0 Å². The van der Waals surface area contributed by atoms with Crippen molar-refractivity contribution in [3.05, 3.63) is 58.9 Å². The Kier molecular flexibility index (Phi) is 3.14. The number of benzene rings is 1. The molecule has 0 saturated carbocycles. The normalized spacial score (nSPS) is 10.7. The first-order valence-corrected chi connectivity index (χ1v) is 5.86. The summed E-state index contributed by atoms with van der Waals surface area (Å²) in [4.78, 5) is 0. The number of aromatic nitrogens is 1. The predicted molar refractivity (Wildman–Crippen MR) is 68.8 cm³/mol. The molecule has 84 valence electrons. The average molecular weight is 213 g/mol. The maximum Gasteiger partial charge on any atom is 0.0265 e. The maximum absolute atomic E-state index is 2.38. The van der Waals surface area contributed by atoms with Crippen LogP contribution in [0, 0.1) is 20.8 Å². The third-order valence-electron chi connectivity index (χ3n) is 3.28. The van der Waals surface area contributed by atoms with Gasteiger partial charge < -0.3 is 4.57 Å². The molecule has 1 aromatic heterocycles. The van der Waals surface area contributed by atoms with E-state index in [4.69, 9.17) is 0 Å². The van der Waals surface area contributed by atoms with Gasteiger partial charge in [0.05, 0.1) is 0 Å². The average Bonchev–Trinajstić information content (AvgIpc) is 2.58. The van der Waals surface area contributed by atoms with E-state index in [2.05, 4.69) is 61.7 Å². The fourth-order valence-corrected chi connectivity index (χ4v) is 2.17. The third-order valence-corrected chi connectivity index (χ3v) is 3.28. The number of aryl methyl sites for hydroxylation is 4. The Hall–Kier alpha value is -1.50. The molecule has 0 bridgehead atoms. The molecule has 0 saturated heterocycles. The van der Waals surface area contributed by atoms with Crippen molar-refractivity contribution in [3.63, 3.8) is 0 Å². The van der Waals surface area contributed by atoms with E-state index >= 15 is 0 Å². The summed E-state index contributed by atoms with van der Waals surface area (Å²) in [5.74, 6) is 0. The highest BCUT2D eigenvalue weighted by Gasteiger charge is 2.02. The van der Waals surface area contributed by atoms with Gasteiger partial charge in [-0.05, 0) is 50.5 Å². The van der Waals surface area contributed by atoms with Crippen molar-refractivity contribution in [2.45, 2.75) is 33.7 Å². The van der Waals surface area contributed by atoms with Crippen molar-refractivity contribution in [2.24, 2.45) is 0 Å². The summed E-state index contributed by atoms with van der Waals surface area (Å²) in [7, 11) is 0. The second kappa shape index (κ2) is 4.56. The molecule has 1 heterocycles. The molecule has 0 unspecified atom stereocenters. The first-order valence-electron chi connectivity index (χ1n) is 5.86. The van der Waals surface area contributed by atoms with E-state index in [-0.39, 0.29) is 0 Å². The SMILES string of the molecule is Cc1ccccc1CCn1c(C)ccc1C. The summed E-state index contributed by atoms with van der Waals surface area (Å²) in [6.45, 7) is 7.61. The van der Waals surface area contributed by atoms with E-state index in [1.807, 2.05) is 0 Å². The van der Waals surface area contributed by atoms with Crippen LogP contribution in [0.2, 0.25) is 0 Å². The minimum atomic E-state index is 1.08. The van der Waals surface area contributed by atoms with Crippen molar-refractivity contribution in [1.82, 2.24) is 4.57 Å². The summed E-state index contributed by atoms with van der Waals surface area (Å²) < 4.78 is 2.38. The quantitative estimate of drug-likeness (QED) is 0.733. The molecule has 1 aromatic carbocycles. The van der Waals surface area contributed by atoms with Gasteiger partial charge in [-0.25, -0.2) is 0 Å². The van der Waals surface area contributed by atoms with Gasteiger partial charge in [0.25, 0.3) is 0 Å². The van der Waals surface area contributed by atoms with Crippen molar-refractivity contribution < 1.29 is 0 Å². The van der Waals surface area contributed by atoms with E-state index in [0.29, 0.717) is 0 Å². The highest BCUT2D eigenvalue weighted by molar-refractivity contribution is 5.26. The summed E-state index contributed by atoms with van der Waals surface area (Å²) in [6, 6.07) is 13.0. The lowest BCUT2D eigenvalue weighted by Gasteiger charge is -2.10. The molecule has 1 nitrogen and oxygen atoms in total. The van der Waals surface area contributed by atoms with Gasteiger partial charge in [0.2, 0.25) is 0 Å². The van der Waals surface area contributed by atoms with E-state index in [9.17, 15) is 0 Å². The largest absolute Gasteiger partial charge is 0.349 e. The van der Waals surface area contributed by atoms with E-state index in [0.717, 1.165) is 13.0 Å². The summed E-state index contributed by atoms with van der Waals surface area (Å²) >= 11 is 0. The lowest BCUT2D eigenvalue weighted by Crippen LogP contribution is -2.05. The molecule has 0 atom stereocenters. The van der Waals surface area contributed by atoms with Crippen LogP contribution in [0.5, 0.6) is 0 Å². The fourth-order valence-electron chi connectivity index (χ4n) is 2.17. The molecule has 0 aliphatic carbocycles. The van der Waals surface area contributed by atoms with Crippen molar-refractivity contribution in [1.29, 1.82) is 0 Å². The minimum Gasteiger partial charge on any atom is -0.349 e. The molecule has 0 radical (unpaired) electrons. The highest BCUT2D eigenvalue weighted by Crippen LogP contribution is 2.12. The van der Waals surface area contributed by atoms with E-state index in [1.54, 1.807) is 0 Å². The predicted octanol–water partition coefficient (Wildman–Crippen LogP) is 3.66. The third kappa shape index (κ3) is 2.19. The van der Waals surface area contributed by atoms with E-state index in [1.165, 1.54) is 22.5 Å². The smallest absolute Gasteiger partial charge is 0.0265 e. The van der Waals surface area contributed by atoms with Gasteiger partial charge in [-0.1, -0.05) is 24.3 Å². The van der Waals surface area contributed by atoms with Crippen LogP contribution in [-0.2, 0) is 13.0 Å². The molecule has 0 amide bonds. The Morgan fingerprint density at radius 2 is 1.50 bits per heavy atom. The van der Waals surface area contributed by atoms with Crippen LogP contribution in [0.4, 0.5) is 0 Å². The Balaban J connectivity index is 2.11. The Labute approximate surface area is 97.7 Å². The van der Waals surface area contributed by atoms with Crippen LogP contribution in [0.1, 0.15) is 22.5 Å². The molecule has 0 N–H and O–H groups in total. The molecule has 2 rings (SSSR count). The number of rotatable bonds is 3. The zero-order valence-electron chi connectivity index (χ0n) is 10.3. The van der Waals surface area contributed by atoms with Gasteiger partial charge in [0.1, 0.15) is 0 Å². The number of nitrogens with zero attached hydrogens (tertiary/aromatic N) is 1. The van der Waals surface area contributed by atoms with Crippen LogP contribution in [0.15, 0.2) is 36.4 Å². The molecule has 16 heavy (non-hydrogen) atoms. The molecule has 2 aromatic rings. The summed E-state index contributed by atoms with van der Waals surface area (Å²) in [5, 5.41) is 0. The topological polar surface area (TPSA) is 4.93 Å². The van der Waals surface area contributed by atoms with Crippen molar-refractivity contribution in [2.75, 3.05) is 0 Å². The Morgan fingerprint density at radius 3 is 2.12 bits per heavy atom. The van der Waals surface area contributed by atoms with Gasteiger partial charge in [0, 0.05) is 17.9 Å². The molecular weight excluding hydrogens is 194 g/mol. The van der Waals surface area contributed by atoms with Crippen LogP contribution in [-0.4, -0.2) is 4.57 Å². The van der Waals surface area contributed by atoms with Gasteiger partial charge in [-0.15, -0.1) is 0 Å². The van der Waals surface area contributed by atoms with Gasteiger partial charge >= 0.3 is 0 Å². The lowest BCUT2D eigenvalue weighted by molar-refractivity contribution is 0.662. The fraction of sp³-hybridized carbons (Fsp3) is 0.333. The molecule has 0 fully saturated rings. The number of hydrogen-bond donors (Lipinski definition) is 0. The number of hydrogen-bond acceptors (Lipinski definition) is 0. The van der Waals surface area contributed by atoms with Crippen molar-refractivity contribution in [3.8, 4) is 0 Å². The second-order valence-electron chi connectivity index (χ2n) is 4.44. The van der Waals surface area contributed by atoms with Crippen LogP contribution in [0.3, 0.4) is 0 Å². The maximum atomic E-state index is 2.38. The van der Waals surface area contributed by atoms with Crippen LogP contribution < -0.4 is 0 Å². The standard InChI is InChI=1S/C15H19N/c1-12-6-4-5-7-15(12)10-11-16-13(2)8-9-14(16)3/h4-9H,10-11H2,1-3H3. The first kappa shape index (κ1) is 11.0.